The van der Waals surface area contributed by atoms with E-state index in [1.54, 1.807) is 13.1 Å². The highest BCUT2D eigenvalue weighted by Crippen LogP contribution is 2.37. The Kier molecular flexibility index (Phi) is 5.62. The Hall–Kier alpha value is -1.48. The number of fused-ring (bicyclic) bond motifs is 1. The van der Waals surface area contributed by atoms with E-state index in [0.717, 1.165) is 6.42 Å². The van der Waals surface area contributed by atoms with Crippen LogP contribution in [-0.4, -0.2) is 56.7 Å². The molecule has 2 fully saturated rings. The maximum atomic E-state index is 12.1. The van der Waals surface area contributed by atoms with E-state index in [1.165, 1.54) is 4.57 Å². The molecule has 0 bridgehead atoms. The molecule has 0 amide bonds. The van der Waals surface area contributed by atoms with Gasteiger partial charge in [0.25, 0.3) is 5.56 Å². The zero-order valence-electron chi connectivity index (χ0n) is 17.9. The molecule has 0 aliphatic carbocycles. The van der Waals surface area contributed by atoms with Gasteiger partial charge < -0.3 is 9.47 Å². The molecule has 0 unspecified atom stereocenters. The third kappa shape index (κ3) is 4.92. The van der Waals surface area contributed by atoms with E-state index < -0.39 is 5.69 Å². The summed E-state index contributed by atoms with van der Waals surface area (Å²) in [4.78, 5) is 32.1. The van der Waals surface area contributed by atoms with E-state index in [2.05, 4.69) is 4.98 Å². The maximum absolute atomic E-state index is 12.1. The van der Waals surface area contributed by atoms with Crippen molar-refractivity contribution in [3.05, 3.63) is 32.6 Å². The highest BCUT2D eigenvalue weighted by atomic mass is 16.7. The highest BCUT2D eigenvalue weighted by molar-refractivity contribution is 5.02. The van der Waals surface area contributed by atoms with Crippen LogP contribution in [-0.2, 0) is 20.9 Å². The summed E-state index contributed by atoms with van der Waals surface area (Å²) in [5.74, 6) is 0. The first-order valence-electron chi connectivity index (χ1n) is 9.92. The quantitative estimate of drug-likeness (QED) is 0.834. The second-order valence-electron chi connectivity index (χ2n) is 9.82. The van der Waals surface area contributed by atoms with E-state index in [0.29, 0.717) is 18.7 Å². The Morgan fingerprint density at radius 3 is 2.39 bits per heavy atom. The Bertz CT molecular complexity index is 817. The lowest BCUT2D eigenvalue weighted by Crippen LogP contribution is -2.44. The molecule has 0 aromatic carbocycles. The van der Waals surface area contributed by atoms with Crippen LogP contribution in [0, 0.1) is 6.92 Å². The number of hydrogen-bond donors (Lipinski definition) is 1. The van der Waals surface area contributed by atoms with Crippen LogP contribution in [0.4, 0.5) is 0 Å². The first-order valence-corrected chi connectivity index (χ1v) is 9.92. The lowest BCUT2D eigenvalue weighted by molar-refractivity contribution is -0.163. The standard InChI is InChI=1S/C20H33N3O5/c1-12-9-22(18(25)21-17(12)24)10-13-8-14-16(27-20(5,6)7)15(11-23(14)28-13)26-19(2,3)4/h9,13-16H,8,10-11H2,1-7H3,(H,21,24,25)/t13-,14-,15-,16-/m0/s1. The summed E-state index contributed by atoms with van der Waals surface area (Å²) in [6.45, 7) is 14.9. The lowest BCUT2D eigenvalue weighted by Gasteiger charge is -2.34. The van der Waals surface area contributed by atoms with E-state index in [9.17, 15) is 9.59 Å². The van der Waals surface area contributed by atoms with Gasteiger partial charge in [0.2, 0.25) is 0 Å². The van der Waals surface area contributed by atoms with Crippen molar-refractivity contribution in [2.45, 2.75) is 97.0 Å². The molecule has 28 heavy (non-hydrogen) atoms. The van der Waals surface area contributed by atoms with Gasteiger partial charge in [0.15, 0.2) is 0 Å². The van der Waals surface area contributed by atoms with Gasteiger partial charge in [0, 0.05) is 11.8 Å². The molecule has 8 nitrogen and oxygen atoms in total. The molecule has 1 aromatic heterocycles. The van der Waals surface area contributed by atoms with Crippen molar-refractivity contribution in [3.63, 3.8) is 0 Å². The minimum Gasteiger partial charge on any atom is -0.368 e. The van der Waals surface area contributed by atoms with E-state index in [1.807, 2.05) is 46.6 Å². The third-order valence-corrected chi connectivity index (χ3v) is 4.85. The van der Waals surface area contributed by atoms with Gasteiger partial charge in [-0.15, -0.1) is 0 Å². The fraction of sp³-hybridized carbons (Fsp3) is 0.800. The van der Waals surface area contributed by atoms with Crippen LogP contribution in [0.3, 0.4) is 0 Å². The van der Waals surface area contributed by atoms with Crippen LogP contribution in [0.1, 0.15) is 53.5 Å². The molecule has 0 spiro atoms. The van der Waals surface area contributed by atoms with Crippen molar-refractivity contribution >= 4 is 0 Å². The van der Waals surface area contributed by atoms with Gasteiger partial charge >= 0.3 is 5.69 Å². The van der Waals surface area contributed by atoms with Crippen molar-refractivity contribution in [2.75, 3.05) is 6.54 Å². The highest BCUT2D eigenvalue weighted by Gasteiger charge is 2.51. The molecule has 158 valence electrons. The maximum Gasteiger partial charge on any atom is 0.328 e. The number of hydrogen-bond acceptors (Lipinski definition) is 6. The van der Waals surface area contributed by atoms with E-state index >= 15 is 0 Å². The molecule has 1 N–H and O–H groups in total. The van der Waals surface area contributed by atoms with E-state index in [-0.39, 0.29) is 41.1 Å². The summed E-state index contributed by atoms with van der Waals surface area (Å²) in [5, 5.41) is 1.95. The summed E-state index contributed by atoms with van der Waals surface area (Å²) in [5.41, 5.74) is -0.835. The summed E-state index contributed by atoms with van der Waals surface area (Å²) in [6, 6.07) is 0.0659. The Morgan fingerprint density at radius 2 is 1.79 bits per heavy atom. The molecule has 4 atom stereocenters. The fourth-order valence-electron chi connectivity index (χ4n) is 3.91. The molecular formula is C20H33N3O5. The van der Waals surface area contributed by atoms with Crippen molar-refractivity contribution in [2.24, 2.45) is 0 Å². The molecular weight excluding hydrogens is 362 g/mol. The minimum absolute atomic E-state index is 0.0659. The van der Waals surface area contributed by atoms with Gasteiger partial charge in [-0.05, 0) is 54.9 Å². The van der Waals surface area contributed by atoms with Crippen LogP contribution in [0.5, 0.6) is 0 Å². The number of ether oxygens (including phenoxy) is 2. The van der Waals surface area contributed by atoms with Gasteiger partial charge in [0.1, 0.15) is 12.2 Å². The predicted molar refractivity (Wildman–Crippen MR) is 105 cm³/mol. The van der Waals surface area contributed by atoms with Gasteiger partial charge in [-0.1, -0.05) is 0 Å². The van der Waals surface area contributed by atoms with Crippen LogP contribution >= 0.6 is 0 Å². The zero-order chi connectivity index (χ0) is 20.9. The molecule has 1 aromatic rings. The number of aromatic amines is 1. The normalized spacial score (nSPS) is 28.7. The SMILES string of the molecule is Cc1cn(C[C@@H]2C[C@H]3[C@H](OC(C)(C)C)[C@@H](OC(C)(C)C)CN3O2)c(=O)[nH]c1=O. The fourth-order valence-corrected chi connectivity index (χ4v) is 3.91. The number of hydroxylamine groups is 2. The monoisotopic (exact) mass is 395 g/mol. The molecule has 2 aliphatic rings. The number of aryl methyl sites for hydroxylation is 1. The van der Waals surface area contributed by atoms with Gasteiger partial charge in [-0.3, -0.25) is 19.2 Å². The average Bonchev–Trinajstić information content (AvgIpc) is 3.01. The summed E-state index contributed by atoms with van der Waals surface area (Å²) >= 11 is 0. The minimum atomic E-state index is -0.414. The number of nitrogens with one attached hydrogen (secondary N) is 1. The topological polar surface area (TPSA) is 85.8 Å². The number of rotatable bonds is 4. The van der Waals surface area contributed by atoms with Crippen LogP contribution in [0.15, 0.2) is 15.8 Å². The summed E-state index contributed by atoms with van der Waals surface area (Å²) < 4.78 is 14.1. The first kappa shape index (κ1) is 21.2. The molecule has 0 saturated carbocycles. The van der Waals surface area contributed by atoms with Crippen LogP contribution < -0.4 is 11.2 Å². The zero-order valence-corrected chi connectivity index (χ0v) is 17.9. The Morgan fingerprint density at radius 1 is 1.14 bits per heavy atom. The molecule has 2 aliphatic heterocycles. The second-order valence-corrected chi connectivity index (χ2v) is 9.82. The smallest absolute Gasteiger partial charge is 0.328 e. The van der Waals surface area contributed by atoms with Crippen molar-refractivity contribution < 1.29 is 14.3 Å². The largest absolute Gasteiger partial charge is 0.368 e. The predicted octanol–water partition coefficient (Wildman–Crippen LogP) is 1.60. The van der Waals surface area contributed by atoms with Gasteiger partial charge in [-0.2, -0.15) is 5.06 Å². The lowest BCUT2D eigenvalue weighted by atomic mass is 10.0. The number of aromatic nitrogens is 2. The summed E-state index contributed by atoms with van der Waals surface area (Å²) in [7, 11) is 0. The van der Waals surface area contributed by atoms with Gasteiger partial charge in [-0.25, -0.2) is 4.79 Å². The Balaban J connectivity index is 1.74. The van der Waals surface area contributed by atoms with Crippen molar-refractivity contribution in [1.29, 1.82) is 0 Å². The third-order valence-electron chi connectivity index (χ3n) is 4.85. The molecule has 3 rings (SSSR count). The first-order chi connectivity index (χ1) is 12.8. The molecule has 8 heteroatoms. The summed E-state index contributed by atoms with van der Waals surface area (Å²) in [6.07, 6.45) is 1.97. The second kappa shape index (κ2) is 7.40. The van der Waals surface area contributed by atoms with E-state index in [4.69, 9.17) is 14.3 Å². The van der Waals surface area contributed by atoms with Crippen molar-refractivity contribution in [3.8, 4) is 0 Å². The molecule has 3 heterocycles. The van der Waals surface area contributed by atoms with Crippen molar-refractivity contribution in [1.82, 2.24) is 14.6 Å². The van der Waals surface area contributed by atoms with Crippen LogP contribution in [0.25, 0.3) is 0 Å². The van der Waals surface area contributed by atoms with Gasteiger partial charge in [0.05, 0.1) is 36.4 Å². The number of H-pyrrole nitrogens is 1. The number of nitrogens with zero attached hydrogens (tertiary/aromatic N) is 2. The van der Waals surface area contributed by atoms with Crippen LogP contribution in [0.2, 0.25) is 0 Å². The average molecular weight is 396 g/mol. The Labute approximate surface area is 165 Å². The molecule has 0 radical (unpaired) electrons. The molecule has 2 saturated heterocycles.